The van der Waals surface area contributed by atoms with E-state index in [0.717, 1.165) is 19.3 Å². The third-order valence-corrected chi connectivity index (χ3v) is 3.23. The van der Waals surface area contributed by atoms with Gasteiger partial charge in [0.2, 0.25) is 0 Å². The minimum Gasteiger partial charge on any atom is -0.383 e. The molecule has 1 aliphatic heterocycles. The van der Waals surface area contributed by atoms with E-state index in [2.05, 4.69) is 12.2 Å². The smallest absolute Gasteiger partial charge is 0.318 e. The molecule has 5 nitrogen and oxygen atoms in total. The van der Waals surface area contributed by atoms with Crippen LogP contribution in [0.5, 0.6) is 0 Å². The number of morpholine rings is 1. The van der Waals surface area contributed by atoms with E-state index in [1.165, 1.54) is 0 Å². The number of hydrogen-bond acceptors (Lipinski definition) is 3. The number of ether oxygens (including phenoxy) is 2. The van der Waals surface area contributed by atoms with E-state index in [-0.39, 0.29) is 18.1 Å². The molecule has 1 aliphatic rings. The average Bonchev–Trinajstić information content (AvgIpc) is 2.36. The number of amides is 2. The summed E-state index contributed by atoms with van der Waals surface area (Å²) in [6, 6.07) is 0.259. The van der Waals surface area contributed by atoms with E-state index in [4.69, 9.17) is 9.47 Å². The second-order valence-electron chi connectivity index (χ2n) is 4.86. The first-order chi connectivity index (χ1) is 8.69. The van der Waals surface area contributed by atoms with Crippen LogP contribution in [0.4, 0.5) is 4.79 Å². The number of unbranched alkanes of at least 4 members (excludes halogenated alkanes) is 1. The highest BCUT2D eigenvalue weighted by atomic mass is 16.5. The van der Waals surface area contributed by atoms with Gasteiger partial charge in [0.25, 0.3) is 0 Å². The topological polar surface area (TPSA) is 50.8 Å². The molecule has 1 N–H and O–H groups in total. The highest BCUT2D eigenvalue weighted by Crippen LogP contribution is 2.08. The summed E-state index contributed by atoms with van der Waals surface area (Å²) in [5.41, 5.74) is 0. The van der Waals surface area contributed by atoms with Crippen LogP contribution in [0.15, 0.2) is 0 Å². The van der Waals surface area contributed by atoms with Gasteiger partial charge < -0.3 is 19.7 Å². The first kappa shape index (κ1) is 15.2. The molecule has 0 bridgehead atoms. The fourth-order valence-corrected chi connectivity index (χ4v) is 2.14. The van der Waals surface area contributed by atoms with Gasteiger partial charge in [0.05, 0.1) is 31.9 Å². The van der Waals surface area contributed by atoms with Crippen LogP contribution in [0.25, 0.3) is 0 Å². The summed E-state index contributed by atoms with van der Waals surface area (Å²) in [6.07, 6.45) is 3.20. The molecule has 2 atom stereocenters. The number of carbonyl (C=O) groups is 1. The van der Waals surface area contributed by atoms with Crippen molar-refractivity contribution in [3.05, 3.63) is 0 Å². The fraction of sp³-hybridized carbons (Fsp3) is 0.923. The van der Waals surface area contributed by atoms with Crippen molar-refractivity contribution >= 4 is 6.03 Å². The van der Waals surface area contributed by atoms with Crippen LogP contribution in [0.3, 0.4) is 0 Å². The number of nitrogens with one attached hydrogen (secondary N) is 1. The van der Waals surface area contributed by atoms with Crippen LogP contribution in [-0.2, 0) is 9.47 Å². The molecule has 0 saturated carbocycles. The van der Waals surface area contributed by atoms with Crippen LogP contribution in [0.2, 0.25) is 0 Å². The summed E-state index contributed by atoms with van der Waals surface area (Å²) in [7, 11) is 1.67. The lowest BCUT2D eigenvalue weighted by Gasteiger charge is -2.34. The summed E-state index contributed by atoms with van der Waals surface area (Å²) < 4.78 is 10.5. The molecule has 106 valence electrons. The van der Waals surface area contributed by atoms with Crippen LogP contribution in [-0.4, -0.2) is 56.5 Å². The van der Waals surface area contributed by atoms with E-state index < -0.39 is 0 Å². The van der Waals surface area contributed by atoms with Gasteiger partial charge >= 0.3 is 6.03 Å². The first-order valence-corrected chi connectivity index (χ1v) is 6.82. The Morgan fingerprint density at radius 1 is 1.61 bits per heavy atom. The van der Waals surface area contributed by atoms with Crippen molar-refractivity contribution in [2.45, 2.75) is 45.2 Å². The Morgan fingerprint density at radius 2 is 2.39 bits per heavy atom. The predicted octanol–water partition coefficient (Wildman–Crippen LogP) is 1.62. The average molecular weight is 258 g/mol. The quantitative estimate of drug-likeness (QED) is 0.787. The summed E-state index contributed by atoms with van der Waals surface area (Å²) >= 11 is 0. The van der Waals surface area contributed by atoms with Crippen molar-refractivity contribution in [1.82, 2.24) is 10.2 Å². The van der Waals surface area contributed by atoms with Crippen LogP contribution >= 0.6 is 0 Å². The molecule has 0 aliphatic carbocycles. The van der Waals surface area contributed by atoms with Crippen molar-refractivity contribution < 1.29 is 14.3 Å². The second kappa shape index (κ2) is 8.32. The van der Waals surface area contributed by atoms with E-state index in [1.54, 1.807) is 7.11 Å². The van der Waals surface area contributed by atoms with Crippen LogP contribution in [0.1, 0.15) is 33.1 Å². The maximum absolute atomic E-state index is 12.2. The number of nitrogens with zero attached hydrogens (tertiary/aromatic N) is 1. The Kier molecular flexibility index (Phi) is 7.05. The van der Waals surface area contributed by atoms with Crippen molar-refractivity contribution in [2.75, 3.05) is 33.5 Å². The van der Waals surface area contributed by atoms with Gasteiger partial charge in [0, 0.05) is 13.7 Å². The third-order valence-electron chi connectivity index (χ3n) is 3.23. The molecule has 1 heterocycles. The molecule has 0 spiro atoms. The highest BCUT2D eigenvalue weighted by Gasteiger charge is 2.25. The van der Waals surface area contributed by atoms with Gasteiger partial charge in [0.1, 0.15) is 0 Å². The SMILES string of the molecule is CCCC[C@H](COC)NC(=O)N1CCOC[C@@H]1C. The lowest BCUT2D eigenvalue weighted by atomic mass is 10.1. The normalized spacial score (nSPS) is 21.7. The van der Waals surface area contributed by atoms with Gasteiger partial charge in [-0.3, -0.25) is 0 Å². The zero-order chi connectivity index (χ0) is 13.4. The van der Waals surface area contributed by atoms with Crippen molar-refractivity contribution in [3.8, 4) is 0 Å². The Bertz CT molecular complexity index is 248. The zero-order valence-corrected chi connectivity index (χ0v) is 11.8. The highest BCUT2D eigenvalue weighted by molar-refractivity contribution is 5.75. The molecule has 1 saturated heterocycles. The molecule has 1 rings (SSSR count). The van der Waals surface area contributed by atoms with E-state index in [1.807, 2.05) is 11.8 Å². The minimum atomic E-state index is 0.00366. The molecule has 0 aromatic carbocycles. The van der Waals surface area contributed by atoms with Gasteiger partial charge in [-0.15, -0.1) is 0 Å². The Labute approximate surface area is 110 Å². The molecule has 0 aromatic rings. The summed E-state index contributed by atoms with van der Waals surface area (Å²) in [4.78, 5) is 14.0. The van der Waals surface area contributed by atoms with E-state index in [9.17, 15) is 4.79 Å². The molecule has 18 heavy (non-hydrogen) atoms. The minimum absolute atomic E-state index is 0.00366. The fourth-order valence-electron chi connectivity index (χ4n) is 2.14. The lowest BCUT2D eigenvalue weighted by Crippen LogP contribution is -2.54. The van der Waals surface area contributed by atoms with E-state index >= 15 is 0 Å². The van der Waals surface area contributed by atoms with Gasteiger partial charge in [-0.2, -0.15) is 0 Å². The lowest BCUT2D eigenvalue weighted by molar-refractivity contribution is 0.0175. The number of hydrogen-bond donors (Lipinski definition) is 1. The maximum Gasteiger partial charge on any atom is 0.318 e. The molecule has 2 amide bonds. The maximum atomic E-state index is 12.2. The number of urea groups is 1. The summed E-state index contributed by atoms with van der Waals surface area (Å²) in [5, 5.41) is 3.06. The Balaban J connectivity index is 2.43. The van der Waals surface area contributed by atoms with Gasteiger partial charge in [0.15, 0.2) is 0 Å². The van der Waals surface area contributed by atoms with Crippen molar-refractivity contribution in [3.63, 3.8) is 0 Å². The molecule has 5 heteroatoms. The van der Waals surface area contributed by atoms with E-state index in [0.29, 0.717) is 26.4 Å². The summed E-state index contributed by atoms with van der Waals surface area (Å²) in [6.45, 7) is 6.65. The van der Waals surface area contributed by atoms with Gasteiger partial charge in [-0.1, -0.05) is 19.8 Å². The Hall–Kier alpha value is -0.810. The standard InChI is InChI=1S/C13H26N2O3/c1-4-5-6-12(10-17-3)14-13(16)15-7-8-18-9-11(15)2/h11-12H,4-10H2,1-3H3,(H,14,16)/t11-,12+/m0/s1. The summed E-state index contributed by atoms with van der Waals surface area (Å²) in [5.74, 6) is 0. The monoisotopic (exact) mass is 258 g/mol. The number of carbonyl (C=O) groups excluding carboxylic acids is 1. The van der Waals surface area contributed by atoms with Crippen molar-refractivity contribution in [2.24, 2.45) is 0 Å². The third kappa shape index (κ3) is 4.82. The van der Waals surface area contributed by atoms with Gasteiger partial charge in [-0.05, 0) is 13.3 Å². The number of methoxy groups -OCH3 is 1. The second-order valence-corrected chi connectivity index (χ2v) is 4.86. The molecular weight excluding hydrogens is 232 g/mol. The van der Waals surface area contributed by atoms with Crippen molar-refractivity contribution in [1.29, 1.82) is 0 Å². The zero-order valence-electron chi connectivity index (χ0n) is 11.8. The predicted molar refractivity (Wildman–Crippen MR) is 70.7 cm³/mol. The van der Waals surface area contributed by atoms with Crippen LogP contribution in [0, 0.1) is 0 Å². The molecule has 0 radical (unpaired) electrons. The van der Waals surface area contributed by atoms with Crippen LogP contribution < -0.4 is 5.32 Å². The molecule has 0 unspecified atom stereocenters. The van der Waals surface area contributed by atoms with Gasteiger partial charge in [-0.25, -0.2) is 4.79 Å². The molecule has 1 fully saturated rings. The molecule has 0 aromatic heterocycles. The first-order valence-electron chi connectivity index (χ1n) is 6.82. The largest absolute Gasteiger partial charge is 0.383 e. The molecular formula is C13H26N2O3. The number of rotatable bonds is 6. The Morgan fingerprint density at radius 3 is 3.00 bits per heavy atom.